The predicted molar refractivity (Wildman–Crippen MR) is 95.7 cm³/mol. The molecule has 1 fully saturated rings. The molecule has 0 aromatic carbocycles. The molecule has 1 atom stereocenters. The van der Waals surface area contributed by atoms with Crippen LogP contribution in [0.5, 0.6) is 0 Å². The van der Waals surface area contributed by atoms with Crippen molar-refractivity contribution in [3.05, 3.63) is 27.9 Å². The van der Waals surface area contributed by atoms with Crippen LogP contribution in [0.3, 0.4) is 0 Å². The third kappa shape index (κ3) is 4.70. The Hall–Kier alpha value is -2.13. The molecule has 25 heavy (non-hydrogen) atoms. The number of anilines is 1. The molecule has 1 unspecified atom stereocenters. The van der Waals surface area contributed by atoms with Gasteiger partial charge in [0.2, 0.25) is 16.9 Å². The maximum absolute atomic E-state index is 12.5. The van der Waals surface area contributed by atoms with E-state index in [1.165, 1.54) is 28.2 Å². The molecule has 1 saturated heterocycles. The first kappa shape index (κ1) is 17.7. The molecule has 3 heterocycles. The van der Waals surface area contributed by atoms with Gasteiger partial charge >= 0.3 is 0 Å². The van der Waals surface area contributed by atoms with Gasteiger partial charge in [-0.15, -0.1) is 21.5 Å². The number of hydrogen-bond acceptors (Lipinski definition) is 7. The monoisotopic (exact) mass is 378 g/mol. The topological polar surface area (TPSA) is 92.3 Å². The molecule has 0 spiro atoms. The van der Waals surface area contributed by atoms with Crippen molar-refractivity contribution in [3.8, 4) is 0 Å². The minimum atomic E-state index is -0.256. The van der Waals surface area contributed by atoms with Crippen LogP contribution in [0.25, 0.3) is 0 Å². The fourth-order valence-electron chi connectivity index (χ4n) is 2.83. The molecule has 0 radical (unpaired) electrons. The lowest BCUT2D eigenvalue weighted by Crippen LogP contribution is -2.42. The Morgan fingerprint density at radius 3 is 2.88 bits per heavy atom. The minimum absolute atomic E-state index is 0.0870. The molecule has 2 aromatic rings. The van der Waals surface area contributed by atoms with Crippen LogP contribution in [0.15, 0.2) is 23.0 Å². The number of thiophene rings is 1. The van der Waals surface area contributed by atoms with Crippen LogP contribution in [-0.2, 0) is 9.59 Å². The Bertz CT molecular complexity index is 731. The number of rotatable bonds is 6. The maximum atomic E-state index is 12.5. The van der Waals surface area contributed by atoms with Crippen molar-refractivity contribution in [2.75, 3.05) is 18.4 Å². The number of carbonyl (C=O) groups excluding carboxylic acids is 3. The lowest BCUT2D eigenvalue weighted by Gasteiger charge is -2.32. The van der Waals surface area contributed by atoms with E-state index in [1.54, 1.807) is 4.90 Å². The van der Waals surface area contributed by atoms with Crippen LogP contribution in [0.4, 0.5) is 5.13 Å². The van der Waals surface area contributed by atoms with Gasteiger partial charge in [0, 0.05) is 31.8 Å². The van der Waals surface area contributed by atoms with Gasteiger partial charge in [-0.05, 0) is 24.3 Å². The zero-order valence-corrected chi connectivity index (χ0v) is 15.1. The fraction of sp³-hybridized carbons (Fsp3) is 0.438. The molecule has 132 valence electrons. The van der Waals surface area contributed by atoms with Crippen LogP contribution < -0.4 is 5.32 Å². The highest BCUT2D eigenvalue weighted by molar-refractivity contribution is 7.13. The van der Waals surface area contributed by atoms with Gasteiger partial charge < -0.3 is 10.2 Å². The van der Waals surface area contributed by atoms with E-state index < -0.39 is 0 Å². The van der Waals surface area contributed by atoms with Crippen LogP contribution in [0, 0.1) is 5.92 Å². The summed E-state index contributed by atoms with van der Waals surface area (Å²) in [5, 5.41) is 12.3. The summed E-state index contributed by atoms with van der Waals surface area (Å²) in [4.78, 5) is 39.1. The van der Waals surface area contributed by atoms with E-state index in [4.69, 9.17) is 0 Å². The summed E-state index contributed by atoms with van der Waals surface area (Å²) in [7, 11) is 0. The lowest BCUT2D eigenvalue weighted by molar-refractivity contribution is -0.134. The average Bonchev–Trinajstić information content (AvgIpc) is 3.33. The molecule has 1 aliphatic rings. The SMILES string of the molecule is O=C(CCC(=O)N1CCCC(C(=O)c2cccs2)C1)Nc1nncs1. The lowest BCUT2D eigenvalue weighted by atomic mass is 9.92. The quantitative estimate of drug-likeness (QED) is 0.780. The van der Waals surface area contributed by atoms with E-state index in [0.717, 1.165) is 17.7 Å². The van der Waals surface area contributed by atoms with Gasteiger partial charge in [-0.1, -0.05) is 17.4 Å². The van der Waals surface area contributed by atoms with E-state index >= 15 is 0 Å². The Kier molecular flexibility index (Phi) is 5.87. The van der Waals surface area contributed by atoms with Crippen LogP contribution in [0.2, 0.25) is 0 Å². The van der Waals surface area contributed by atoms with Crippen LogP contribution in [-0.4, -0.2) is 45.8 Å². The van der Waals surface area contributed by atoms with Gasteiger partial charge in [0.05, 0.1) is 4.88 Å². The molecule has 0 aliphatic carbocycles. The molecular formula is C16H18N4O3S2. The molecule has 0 saturated carbocycles. The van der Waals surface area contributed by atoms with E-state index in [1.807, 2.05) is 17.5 Å². The van der Waals surface area contributed by atoms with Gasteiger partial charge in [0.1, 0.15) is 5.51 Å². The summed E-state index contributed by atoms with van der Waals surface area (Å²) >= 11 is 2.66. The largest absolute Gasteiger partial charge is 0.342 e. The molecule has 1 N–H and O–H groups in total. The predicted octanol–water partition coefficient (Wildman–Crippen LogP) is 2.44. The van der Waals surface area contributed by atoms with Crippen molar-refractivity contribution in [2.24, 2.45) is 5.92 Å². The molecular weight excluding hydrogens is 360 g/mol. The summed E-state index contributed by atoms with van der Waals surface area (Å²) in [6, 6.07) is 3.69. The Labute approximate surface area is 153 Å². The highest BCUT2D eigenvalue weighted by Crippen LogP contribution is 2.23. The molecule has 3 rings (SSSR count). The number of nitrogens with zero attached hydrogens (tertiary/aromatic N) is 3. The second kappa shape index (κ2) is 8.30. The first-order chi connectivity index (χ1) is 12.1. The number of likely N-dealkylation sites (tertiary alicyclic amines) is 1. The molecule has 2 aromatic heterocycles. The van der Waals surface area contributed by atoms with E-state index in [-0.39, 0.29) is 36.4 Å². The van der Waals surface area contributed by atoms with E-state index in [2.05, 4.69) is 15.5 Å². The summed E-state index contributed by atoms with van der Waals surface area (Å²) in [6.07, 6.45) is 1.84. The van der Waals surface area contributed by atoms with Crippen molar-refractivity contribution >= 4 is 45.4 Å². The second-order valence-corrected chi connectivity index (χ2v) is 7.59. The van der Waals surface area contributed by atoms with Gasteiger partial charge in [0.25, 0.3) is 0 Å². The van der Waals surface area contributed by atoms with Crippen molar-refractivity contribution < 1.29 is 14.4 Å². The van der Waals surface area contributed by atoms with Gasteiger partial charge in [-0.2, -0.15) is 0 Å². The Morgan fingerprint density at radius 1 is 1.28 bits per heavy atom. The Balaban J connectivity index is 1.48. The van der Waals surface area contributed by atoms with Gasteiger partial charge in [-0.25, -0.2) is 0 Å². The normalized spacial score (nSPS) is 17.3. The maximum Gasteiger partial charge on any atom is 0.226 e. The van der Waals surface area contributed by atoms with E-state index in [0.29, 0.717) is 18.2 Å². The molecule has 9 heteroatoms. The number of nitrogens with one attached hydrogen (secondary N) is 1. The highest BCUT2D eigenvalue weighted by Gasteiger charge is 2.29. The zero-order valence-electron chi connectivity index (χ0n) is 13.5. The fourth-order valence-corrected chi connectivity index (χ4v) is 4.03. The molecule has 7 nitrogen and oxygen atoms in total. The minimum Gasteiger partial charge on any atom is -0.342 e. The van der Waals surface area contributed by atoms with Gasteiger partial charge in [0.15, 0.2) is 5.78 Å². The summed E-state index contributed by atoms with van der Waals surface area (Å²) in [5.74, 6) is -0.377. The van der Waals surface area contributed by atoms with Crippen molar-refractivity contribution in [3.63, 3.8) is 0 Å². The number of piperidine rings is 1. The van der Waals surface area contributed by atoms with Crippen LogP contribution in [0.1, 0.15) is 35.4 Å². The summed E-state index contributed by atoms with van der Waals surface area (Å²) < 4.78 is 0. The van der Waals surface area contributed by atoms with Crippen molar-refractivity contribution in [1.29, 1.82) is 0 Å². The first-order valence-electron chi connectivity index (χ1n) is 8.05. The third-order valence-electron chi connectivity index (χ3n) is 4.08. The molecule has 0 bridgehead atoms. The number of ketones is 1. The summed E-state index contributed by atoms with van der Waals surface area (Å²) in [6.45, 7) is 1.08. The number of Topliss-reactive ketones (excluding diaryl/α,β-unsaturated/α-hetero) is 1. The number of aromatic nitrogens is 2. The Morgan fingerprint density at radius 2 is 2.16 bits per heavy atom. The standard InChI is InChI=1S/C16H18N4O3S2/c21-13(18-16-19-17-10-25-16)5-6-14(22)20-7-1-3-11(9-20)15(23)12-4-2-8-24-12/h2,4,8,10-11H,1,3,5-7,9H2,(H,18,19,21). The molecule has 1 aliphatic heterocycles. The third-order valence-corrected chi connectivity index (χ3v) is 5.57. The zero-order chi connectivity index (χ0) is 17.6. The first-order valence-corrected chi connectivity index (χ1v) is 9.81. The average molecular weight is 378 g/mol. The second-order valence-electron chi connectivity index (χ2n) is 5.81. The smallest absolute Gasteiger partial charge is 0.226 e. The number of hydrogen-bond donors (Lipinski definition) is 1. The van der Waals surface area contributed by atoms with Crippen molar-refractivity contribution in [1.82, 2.24) is 15.1 Å². The molecule has 2 amide bonds. The van der Waals surface area contributed by atoms with Crippen molar-refractivity contribution in [2.45, 2.75) is 25.7 Å². The van der Waals surface area contributed by atoms with Gasteiger partial charge in [-0.3, -0.25) is 14.4 Å². The number of amides is 2. The van der Waals surface area contributed by atoms with Crippen LogP contribution >= 0.6 is 22.7 Å². The highest BCUT2D eigenvalue weighted by atomic mass is 32.1. The summed E-state index contributed by atoms with van der Waals surface area (Å²) in [5.41, 5.74) is 1.53. The number of carbonyl (C=O) groups is 3. The van der Waals surface area contributed by atoms with E-state index in [9.17, 15) is 14.4 Å².